The quantitative estimate of drug-likeness (QED) is 0.895. The molecule has 1 fully saturated rings. The highest BCUT2D eigenvalue weighted by Crippen LogP contribution is 2.24. The summed E-state index contributed by atoms with van der Waals surface area (Å²) in [4.78, 5) is 23.9. The van der Waals surface area contributed by atoms with Gasteiger partial charge in [0.1, 0.15) is 11.6 Å². The number of halogens is 1. The Bertz CT molecular complexity index is 511. The maximum atomic E-state index is 13.7. The van der Waals surface area contributed by atoms with Crippen molar-refractivity contribution in [1.82, 2.24) is 4.90 Å². The number of carbonyl (C=O) groups excluding carboxylic acids is 1. The molecule has 0 aliphatic carbocycles. The van der Waals surface area contributed by atoms with Crippen molar-refractivity contribution in [2.75, 3.05) is 20.2 Å². The highest BCUT2D eigenvalue weighted by molar-refractivity contribution is 5.95. The average Bonchev–Trinajstić information content (AvgIpc) is 2.32. The van der Waals surface area contributed by atoms with E-state index < -0.39 is 17.7 Å². The fourth-order valence-corrected chi connectivity index (χ4v) is 2.08. The molecule has 0 spiro atoms. The minimum Gasteiger partial charge on any atom is -0.497 e. The van der Waals surface area contributed by atoms with Crippen LogP contribution in [0.15, 0.2) is 18.2 Å². The van der Waals surface area contributed by atoms with Gasteiger partial charge in [0, 0.05) is 25.1 Å². The summed E-state index contributed by atoms with van der Waals surface area (Å²) >= 11 is 0. The number of nitrogens with zero attached hydrogens (tertiary/aromatic N) is 1. The first-order valence-electron chi connectivity index (χ1n) is 5.86. The number of hydrogen-bond donors (Lipinski definition) is 1. The minimum atomic E-state index is -0.882. The average molecular weight is 267 g/mol. The van der Waals surface area contributed by atoms with E-state index in [4.69, 9.17) is 9.84 Å². The lowest BCUT2D eigenvalue weighted by Crippen LogP contribution is -2.50. The lowest BCUT2D eigenvalue weighted by atomic mass is 9.95. The molecule has 0 radical (unpaired) electrons. The predicted octanol–water partition coefficient (Wildman–Crippen LogP) is 1.38. The predicted molar refractivity (Wildman–Crippen MR) is 64.6 cm³/mol. The Kier molecular flexibility index (Phi) is 3.69. The maximum Gasteiger partial charge on any atom is 0.303 e. The van der Waals surface area contributed by atoms with Crippen molar-refractivity contribution in [3.63, 3.8) is 0 Å². The molecule has 1 amide bonds. The standard InChI is InChI=1S/C13H14FNO4/c1-19-9-2-3-10(11(14)5-9)13(18)15-6-8(7-15)4-12(16)17/h2-3,5,8H,4,6-7H2,1H3,(H,16,17). The van der Waals surface area contributed by atoms with Crippen molar-refractivity contribution in [3.05, 3.63) is 29.6 Å². The van der Waals surface area contributed by atoms with Crippen molar-refractivity contribution in [2.45, 2.75) is 6.42 Å². The van der Waals surface area contributed by atoms with E-state index in [1.807, 2.05) is 0 Å². The first-order valence-corrected chi connectivity index (χ1v) is 5.86. The van der Waals surface area contributed by atoms with Crippen LogP contribution in [0.3, 0.4) is 0 Å². The fourth-order valence-electron chi connectivity index (χ4n) is 2.08. The number of methoxy groups -OCH3 is 1. The number of aliphatic carboxylic acids is 1. The van der Waals surface area contributed by atoms with E-state index in [0.717, 1.165) is 6.07 Å². The Hall–Kier alpha value is -2.11. The Labute approximate surface area is 109 Å². The summed E-state index contributed by atoms with van der Waals surface area (Å²) in [7, 11) is 1.42. The van der Waals surface area contributed by atoms with Gasteiger partial charge < -0.3 is 14.7 Å². The van der Waals surface area contributed by atoms with Gasteiger partial charge in [0.15, 0.2) is 0 Å². The van der Waals surface area contributed by atoms with E-state index >= 15 is 0 Å². The van der Waals surface area contributed by atoms with Crippen LogP contribution in [0.4, 0.5) is 4.39 Å². The lowest BCUT2D eigenvalue weighted by molar-refractivity contribution is -0.139. The van der Waals surface area contributed by atoms with Gasteiger partial charge in [-0.25, -0.2) is 4.39 Å². The van der Waals surface area contributed by atoms with Gasteiger partial charge in [-0.1, -0.05) is 0 Å². The van der Waals surface area contributed by atoms with Gasteiger partial charge in [-0.15, -0.1) is 0 Å². The van der Waals surface area contributed by atoms with Crippen LogP contribution in [0, 0.1) is 11.7 Å². The Balaban J connectivity index is 2.00. The number of carboxylic acids is 1. The van der Waals surface area contributed by atoms with Crippen LogP contribution in [0.1, 0.15) is 16.8 Å². The van der Waals surface area contributed by atoms with Crippen LogP contribution in [0.25, 0.3) is 0 Å². The van der Waals surface area contributed by atoms with Gasteiger partial charge in [-0.05, 0) is 12.1 Å². The summed E-state index contributed by atoms with van der Waals surface area (Å²) < 4.78 is 18.6. The molecule has 6 heteroatoms. The molecule has 0 saturated carbocycles. The summed E-state index contributed by atoms with van der Waals surface area (Å²) in [6.07, 6.45) is 0.0366. The number of ether oxygens (including phenoxy) is 1. The van der Waals surface area contributed by atoms with Crippen molar-refractivity contribution in [1.29, 1.82) is 0 Å². The molecule has 1 N–H and O–H groups in total. The van der Waals surface area contributed by atoms with Crippen LogP contribution in [-0.2, 0) is 4.79 Å². The zero-order chi connectivity index (χ0) is 14.0. The van der Waals surface area contributed by atoms with Crippen LogP contribution < -0.4 is 4.74 Å². The van der Waals surface area contributed by atoms with Gasteiger partial charge in [-0.3, -0.25) is 9.59 Å². The SMILES string of the molecule is COc1ccc(C(=O)N2CC(CC(=O)O)C2)c(F)c1. The molecule has 0 atom stereocenters. The van der Waals surface area contributed by atoms with Gasteiger partial charge in [-0.2, -0.15) is 0 Å². The van der Waals surface area contributed by atoms with E-state index in [-0.39, 0.29) is 17.9 Å². The molecule has 19 heavy (non-hydrogen) atoms. The normalized spacial score (nSPS) is 14.9. The highest BCUT2D eigenvalue weighted by Gasteiger charge is 2.33. The van der Waals surface area contributed by atoms with Gasteiger partial charge in [0.05, 0.1) is 19.1 Å². The third-order valence-corrected chi connectivity index (χ3v) is 3.11. The zero-order valence-corrected chi connectivity index (χ0v) is 10.4. The number of carbonyl (C=O) groups is 2. The highest BCUT2D eigenvalue weighted by atomic mass is 19.1. The summed E-state index contributed by atoms with van der Waals surface area (Å²) in [5, 5.41) is 8.62. The maximum absolute atomic E-state index is 13.7. The van der Waals surface area contributed by atoms with Crippen molar-refractivity contribution in [3.8, 4) is 5.75 Å². The molecule has 1 aliphatic rings. The first-order chi connectivity index (χ1) is 9.01. The zero-order valence-electron chi connectivity index (χ0n) is 10.4. The molecule has 102 valence electrons. The molecule has 1 aromatic carbocycles. The van der Waals surface area contributed by atoms with Gasteiger partial charge in [0.25, 0.3) is 5.91 Å². The third-order valence-electron chi connectivity index (χ3n) is 3.11. The fraction of sp³-hybridized carbons (Fsp3) is 0.385. The number of hydrogen-bond acceptors (Lipinski definition) is 3. The molecule has 5 nitrogen and oxygen atoms in total. The van der Waals surface area contributed by atoms with Crippen LogP contribution >= 0.6 is 0 Å². The van der Waals surface area contributed by atoms with Crippen LogP contribution in [-0.4, -0.2) is 42.1 Å². The second-order valence-corrected chi connectivity index (χ2v) is 4.52. The minimum absolute atomic E-state index is 0.0189. The smallest absolute Gasteiger partial charge is 0.303 e. The number of carboxylic acid groups (broad SMARTS) is 1. The molecular formula is C13H14FNO4. The number of likely N-dealkylation sites (tertiary alicyclic amines) is 1. The summed E-state index contributed by atoms with van der Waals surface area (Å²) in [6, 6.07) is 4.05. The van der Waals surface area contributed by atoms with E-state index in [1.54, 1.807) is 0 Å². The summed E-state index contributed by atoms with van der Waals surface area (Å²) in [5.41, 5.74) is -0.0189. The van der Waals surface area contributed by atoms with Crippen molar-refractivity contribution >= 4 is 11.9 Å². The number of amides is 1. The molecule has 0 aromatic heterocycles. The van der Waals surface area contributed by atoms with Gasteiger partial charge >= 0.3 is 5.97 Å². The topological polar surface area (TPSA) is 66.8 Å². The molecule has 1 heterocycles. The summed E-state index contributed by atoms with van der Waals surface area (Å²) in [5.74, 6) is -1.62. The molecule has 1 saturated heterocycles. The summed E-state index contributed by atoms with van der Waals surface area (Å²) in [6.45, 7) is 0.715. The van der Waals surface area contributed by atoms with E-state index in [1.165, 1.54) is 24.1 Å². The van der Waals surface area contributed by atoms with Crippen molar-refractivity contribution in [2.24, 2.45) is 5.92 Å². The van der Waals surface area contributed by atoms with E-state index in [0.29, 0.717) is 18.8 Å². The first kappa shape index (κ1) is 13.3. The number of benzene rings is 1. The second-order valence-electron chi connectivity index (χ2n) is 4.52. The Morgan fingerprint density at radius 1 is 1.47 bits per heavy atom. The van der Waals surface area contributed by atoms with E-state index in [2.05, 4.69) is 0 Å². The van der Waals surface area contributed by atoms with Gasteiger partial charge in [0.2, 0.25) is 0 Å². The molecule has 2 rings (SSSR count). The number of rotatable bonds is 4. The molecule has 0 bridgehead atoms. The van der Waals surface area contributed by atoms with E-state index in [9.17, 15) is 14.0 Å². The monoisotopic (exact) mass is 267 g/mol. The van der Waals surface area contributed by atoms with Crippen LogP contribution in [0.2, 0.25) is 0 Å². The van der Waals surface area contributed by atoms with Crippen molar-refractivity contribution < 1.29 is 23.8 Å². The second kappa shape index (κ2) is 5.26. The molecular weight excluding hydrogens is 253 g/mol. The Morgan fingerprint density at radius 3 is 2.68 bits per heavy atom. The largest absolute Gasteiger partial charge is 0.497 e. The molecule has 1 aromatic rings. The lowest BCUT2D eigenvalue weighted by Gasteiger charge is -2.38. The Morgan fingerprint density at radius 2 is 2.16 bits per heavy atom. The van der Waals surface area contributed by atoms with Crippen LogP contribution in [0.5, 0.6) is 5.75 Å². The third kappa shape index (κ3) is 2.83. The molecule has 1 aliphatic heterocycles. The molecule has 0 unspecified atom stereocenters.